The van der Waals surface area contributed by atoms with Gasteiger partial charge in [-0.05, 0) is 31.5 Å². The van der Waals surface area contributed by atoms with E-state index in [4.69, 9.17) is 5.73 Å². The van der Waals surface area contributed by atoms with Crippen molar-refractivity contribution >= 4 is 29.9 Å². The molecule has 24 heavy (non-hydrogen) atoms. The molecule has 1 heterocycles. The predicted octanol–water partition coefficient (Wildman–Crippen LogP) is 0.973. The van der Waals surface area contributed by atoms with Crippen molar-refractivity contribution in [1.82, 2.24) is 10.2 Å². The summed E-state index contributed by atoms with van der Waals surface area (Å²) in [5.74, 6) is -0.886. The summed E-state index contributed by atoms with van der Waals surface area (Å²) in [5.41, 5.74) is 5.55. The van der Waals surface area contributed by atoms with Crippen LogP contribution in [0.15, 0.2) is 24.3 Å². The average molecular weight is 359 g/mol. The standard InChI is InChI=1S/C16H23FN4O2.ClH/c17-13-5-1-2-6-14(13)20-15(22)11-21-9-3-4-12(10-21)16(23)19-8-7-18;/h1-2,5-6,12H,3-4,7-11,18H2,(H,19,23)(H,20,22);1H. The summed E-state index contributed by atoms with van der Waals surface area (Å²) in [6.07, 6.45) is 1.66. The first-order valence-corrected chi connectivity index (χ1v) is 7.84. The van der Waals surface area contributed by atoms with E-state index in [2.05, 4.69) is 10.6 Å². The van der Waals surface area contributed by atoms with Gasteiger partial charge in [0, 0.05) is 19.6 Å². The molecule has 4 N–H and O–H groups in total. The Hall–Kier alpha value is -1.70. The van der Waals surface area contributed by atoms with Crippen LogP contribution in [0.5, 0.6) is 0 Å². The van der Waals surface area contributed by atoms with Crippen LogP contribution in [-0.2, 0) is 9.59 Å². The Kier molecular flexibility index (Phi) is 8.67. The van der Waals surface area contributed by atoms with Crippen LogP contribution < -0.4 is 16.4 Å². The molecule has 1 fully saturated rings. The SMILES string of the molecule is Cl.NCCNC(=O)C1CCCN(CC(=O)Nc2ccccc2F)C1. The van der Waals surface area contributed by atoms with Crippen LogP contribution >= 0.6 is 12.4 Å². The summed E-state index contributed by atoms with van der Waals surface area (Å²) in [6, 6.07) is 6.05. The summed E-state index contributed by atoms with van der Waals surface area (Å²) < 4.78 is 13.5. The molecule has 1 aromatic rings. The number of rotatable bonds is 6. The van der Waals surface area contributed by atoms with E-state index in [0.717, 1.165) is 19.4 Å². The van der Waals surface area contributed by atoms with Gasteiger partial charge >= 0.3 is 0 Å². The third kappa shape index (κ3) is 6.07. The average Bonchev–Trinajstić information content (AvgIpc) is 2.55. The monoisotopic (exact) mass is 358 g/mol. The number of hydrogen-bond donors (Lipinski definition) is 3. The number of anilines is 1. The van der Waals surface area contributed by atoms with Crippen LogP contribution in [0, 0.1) is 11.7 Å². The zero-order chi connectivity index (χ0) is 16.7. The fraction of sp³-hybridized carbons (Fsp3) is 0.500. The molecule has 0 saturated carbocycles. The van der Waals surface area contributed by atoms with Gasteiger partial charge in [-0.15, -0.1) is 12.4 Å². The number of nitrogens with two attached hydrogens (primary N) is 1. The van der Waals surface area contributed by atoms with Crippen molar-refractivity contribution < 1.29 is 14.0 Å². The highest BCUT2D eigenvalue weighted by atomic mass is 35.5. The smallest absolute Gasteiger partial charge is 0.238 e. The van der Waals surface area contributed by atoms with Crippen LogP contribution in [0.2, 0.25) is 0 Å². The third-order valence-corrected chi connectivity index (χ3v) is 3.84. The van der Waals surface area contributed by atoms with Gasteiger partial charge in [0.05, 0.1) is 18.2 Å². The van der Waals surface area contributed by atoms with Crippen molar-refractivity contribution in [2.75, 3.05) is 38.0 Å². The van der Waals surface area contributed by atoms with E-state index in [9.17, 15) is 14.0 Å². The van der Waals surface area contributed by atoms with Crippen molar-refractivity contribution in [3.8, 4) is 0 Å². The molecule has 8 heteroatoms. The second kappa shape index (κ2) is 10.2. The molecule has 0 aliphatic carbocycles. The lowest BCUT2D eigenvalue weighted by Gasteiger charge is -2.31. The molecular formula is C16H24ClFN4O2. The topological polar surface area (TPSA) is 87.5 Å². The lowest BCUT2D eigenvalue weighted by atomic mass is 9.97. The molecule has 0 radical (unpaired) electrons. The van der Waals surface area contributed by atoms with Crippen molar-refractivity contribution in [3.63, 3.8) is 0 Å². The van der Waals surface area contributed by atoms with E-state index in [1.165, 1.54) is 12.1 Å². The second-order valence-electron chi connectivity index (χ2n) is 5.68. The number of likely N-dealkylation sites (tertiary alicyclic amines) is 1. The number of nitrogens with one attached hydrogen (secondary N) is 2. The number of carbonyl (C=O) groups excluding carboxylic acids is 2. The van der Waals surface area contributed by atoms with Crippen molar-refractivity contribution in [2.24, 2.45) is 11.7 Å². The molecule has 2 rings (SSSR count). The van der Waals surface area contributed by atoms with Crippen LogP contribution in [0.3, 0.4) is 0 Å². The lowest BCUT2D eigenvalue weighted by Crippen LogP contribution is -2.46. The first-order chi connectivity index (χ1) is 11.1. The fourth-order valence-corrected chi connectivity index (χ4v) is 2.71. The van der Waals surface area contributed by atoms with Crippen molar-refractivity contribution in [1.29, 1.82) is 0 Å². The fourth-order valence-electron chi connectivity index (χ4n) is 2.71. The molecule has 1 unspecified atom stereocenters. The Morgan fingerprint density at radius 2 is 2.08 bits per heavy atom. The van der Waals surface area contributed by atoms with Crippen molar-refractivity contribution in [3.05, 3.63) is 30.1 Å². The molecule has 1 aliphatic rings. The highest BCUT2D eigenvalue weighted by Crippen LogP contribution is 2.17. The van der Waals surface area contributed by atoms with Gasteiger partial charge < -0.3 is 16.4 Å². The summed E-state index contributed by atoms with van der Waals surface area (Å²) in [7, 11) is 0. The first kappa shape index (κ1) is 20.3. The minimum absolute atomic E-state index is 0. The predicted molar refractivity (Wildman–Crippen MR) is 93.5 cm³/mol. The summed E-state index contributed by atoms with van der Waals surface area (Å²) in [4.78, 5) is 25.9. The quantitative estimate of drug-likeness (QED) is 0.707. The summed E-state index contributed by atoms with van der Waals surface area (Å²) >= 11 is 0. The van der Waals surface area contributed by atoms with Crippen molar-refractivity contribution in [2.45, 2.75) is 12.8 Å². The number of hydrogen-bond acceptors (Lipinski definition) is 4. The van der Waals surface area contributed by atoms with Gasteiger partial charge in [-0.1, -0.05) is 12.1 Å². The molecule has 6 nitrogen and oxygen atoms in total. The summed E-state index contributed by atoms with van der Waals surface area (Å²) in [6.45, 7) is 2.30. The lowest BCUT2D eigenvalue weighted by molar-refractivity contribution is -0.127. The maximum atomic E-state index is 13.5. The number of halogens is 2. The molecule has 0 bridgehead atoms. The van der Waals surface area contributed by atoms with Crippen LogP contribution in [0.25, 0.3) is 0 Å². The van der Waals surface area contributed by atoms with Crippen LogP contribution in [0.1, 0.15) is 12.8 Å². The van der Waals surface area contributed by atoms with Gasteiger partial charge in [0.2, 0.25) is 11.8 Å². The highest BCUT2D eigenvalue weighted by Gasteiger charge is 2.26. The Morgan fingerprint density at radius 1 is 1.33 bits per heavy atom. The number of para-hydroxylation sites is 1. The van der Waals surface area contributed by atoms with Gasteiger partial charge in [0.1, 0.15) is 5.82 Å². The molecular weight excluding hydrogens is 335 g/mol. The first-order valence-electron chi connectivity index (χ1n) is 7.84. The Bertz CT molecular complexity index is 559. The zero-order valence-electron chi connectivity index (χ0n) is 13.5. The maximum Gasteiger partial charge on any atom is 0.238 e. The van der Waals surface area contributed by atoms with Gasteiger partial charge in [-0.25, -0.2) is 4.39 Å². The number of nitrogens with zero attached hydrogens (tertiary/aromatic N) is 1. The van der Waals surface area contributed by atoms with E-state index in [0.29, 0.717) is 19.6 Å². The van der Waals surface area contributed by atoms with Gasteiger partial charge in [0.25, 0.3) is 0 Å². The Balaban J connectivity index is 0.00000288. The zero-order valence-corrected chi connectivity index (χ0v) is 14.3. The summed E-state index contributed by atoms with van der Waals surface area (Å²) in [5, 5.41) is 5.35. The maximum absolute atomic E-state index is 13.5. The van der Waals surface area contributed by atoms with Gasteiger partial charge in [0.15, 0.2) is 0 Å². The highest BCUT2D eigenvalue weighted by molar-refractivity contribution is 5.92. The molecule has 1 atom stereocenters. The number of amides is 2. The van der Waals surface area contributed by atoms with E-state index in [1.54, 1.807) is 12.1 Å². The normalized spacial score (nSPS) is 17.7. The third-order valence-electron chi connectivity index (χ3n) is 3.84. The van der Waals surface area contributed by atoms with Gasteiger partial charge in [-0.3, -0.25) is 14.5 Å². The number of benzene rings is 1. The molecule has 1 saturated heterocycles. The number of piperidine rings is 1. The van der Waals surface area contributed by atoms with Gasteiger partial charge in [-0.2, -0.15) is 0 Å². The Labute approximate surface area is 147 Å². The largest absolute Gasteiger partial charge is 0.355 e. The van der Waals surface area contributed by atoms with E-state index < -0.39 is 5.82 Å². The van der Waals surface area contributed by atoms with Crippen LogP contribution in [-0.4, -0.2) is 49.4 Å². The van der Waals surface area contributed by atoms with E-state index >= 15 is 0 Å². The minimum Gasteiger partial charge on any atom is -0.355 e. The molecule has 1 aliphatic heterocycles. The van der Waals surface area contributed by atoms with E-state index in [1.807, 2.05) is 4.90 Å². The van der Waals surface area contributed by atoms with Crippen LogP contribution in [0.4, 0.5) is 10.1 Å². The molecule has 134 valence electrons. The molecule has 2 amide bonds. The Morgan fingerprint density at radius 3 is 2.79 bits per heavy atom. The minimum atomic E-state index is -0.460. The molecule has 1 aromatic carbocycles. The molecule has 0 aromatic heterocycles. The molecule has 0 spiro atoms. The number of carbonyl (C=O) groups is 2. The second-order valence-corrected chi connectivity index (χ2v) is 5.68. The van der Waals surface area contributed by atoms with E-state index in [-0.39, 0.29) is 42.4 Å².